The molecule has 6 heteroatoms. The molecule has 0 fully saturated rings. The fourth-order valence-corrected chi connectivity index (χ4v) is 3.54. The summed E-state index contributed by atoms with van der Waals surface area (Å²) in [6.07, 6.45) is 0. The van der Waals surface area contributed by atoms with Crippen molar-refractivity contribution in [2.24, 2.45) is 5.92 Å². The van der Waals surface area contributed by atoms with Crippen LogP contribution in [0.4, 0.5) is 0 Å². The molecule has 2 aromatic carbocycles. The van der Waals surface area contributed by atoms with Crippen LogP contribution in [0.25, 0.3) is 0 Å². The van der Waals surface area contributed by atoms with Gasteiger partial charge in [-0.1, -0.05) is 64.1 Å². The van der Waals surface area contributed by atoms with Crippen LogP contribution in [-0.2, 0) is 16.1 Å². The van der Waals surface area contributed by atoms with Crippen molar-refractivity contribution < 1.29 is 14.3 Å². The van der Waals surface area contributed by atoms with Gasteiger partial charge in [0.1, 0.15) is 11.8 Å². The molecular weight excluding hydrogens is 456 g/mol. The highest BCUT2D eigenvalue weighted by atomic mass is 79.9. The maximum atomic E-state index is 13.1. The van der Waals surface area contributed by atoms with Crippen molar-refractivity contribution in [2.45, 2.75) is 53.1 Å². The highest BCUT2D eigenvalue weighted by Crippen LogP contribution is 2.29. The maximum absolute atomic E-state index is 13.1. The Hall–Kier alpha value is -2.34. The molecule has 0 radical (unpaired) electrons. The van der Waals surface area contributed by atoms with E-state index in [0.717, 1.165) is 10.0 Å². The number of carbonyl (C=O) groups is 2. The second-order valence-corrected chi connectivity index (χ2v) is 9.31. The van der Waals surface area contributed by atoms with Crippen LogP contribution in [0.5, 0.6) is 5.75 Å². The summed E-state index contributed by atoms with van der Waals surface area (Å²) in [5.74, 6) is 0.938. The number of rotatable bonds is 10. The molecule has 31 heavy (non-hydrogen) atoms. The maximum Gasteiger partial charge on any atom is 0.261 e. The van der Waals surface area contributed by atoms with Crippen molar-refractivity contribution >= 4 is 27.7 Å². The minimum Gasteiger partial charge on any atom is -0.483 e. The molecule has 0 heterocycles. The van der Waals surface area contributed by atoms with Crippen LogP contribution in [0.3, 0.4) is 0 Å². The summed E-state index contributed by atoms with van der Waals surface area (Å²) >= 11 is 3.53. The van der Waals surface area contributed by atoms with Gasteiger partial charge in [-0.05, 0) is 57.9 Å². The largest absolute Gasteiger partial charge is 0.483 e. The summed E-state index contributed by atoms with van der Waals surface area (Å²) in [5.41, 5.74) is 2.15. The molecule has 0 unspecified atom stereocenters. The fraction of sp³-hybridized carbons (Fsp3) is 0.440. The number of hydrogen-bond donors (Lipinski definition) is 1. The highest BCUT2D eigenvalue weighted by Gasteiger charge is 2.26. The monoisotopic (exact) mass is 488 g/mol. The second-order valence-electron chi connectivity index (χ2n) is 8.46. The van der Waals surface area contributed by atoms with Crippen molar-refractivity contribution in [3.63, 3.8) is 0 Å². The standard InChI is InChI=1S/C25H33BrN2O3/c1-17(2)14-27-25(30)19(5)28(15-20-9-7-6-8-10-20)24(29)16-31-23-12-11-21(18(3)4)13-22(23)26/h6-13,17-19H,14-16H2,1-5H3,(H,27,30)/t19-/m0/s1. The molecule has 2 rings (SSSR count). The Morgan fingerprint density at radius 2 is 1.71 bits per heavy atom. The molecule has 0 saturated carbocycles. The molecule has 2 aromatic rings. The number of amides is 2. The minimum absolute atomic E-state index is 0.145. The Morgan fingerprint density at radius 1 is 1.03 bits per heavy atom. The first kappa shape index (κ1) is 24.9. The number of nitrogens with zero attached hydrogens (tertiary/aromatic N) is 1. The van der Waals surface area contributed by atoms with Crippen LogP contribution >= 0.6 is 15.9 Å². The van der Waals surface area contributed by atoms with E-state index < -0.39 is 6.04 Å². The molecule has 2 amide bonds. The van der Waals surface area contributed by atoms with E-state index in [4.69, 9.17) is 4.74 Å². The third kappa shape index (κ3) is 7.69. The lowest BCUT2D eigenvalue weighted by molar-refractivity contribution is -0.142. The summed E-state index contributed by atoms with van der Waals surface area (Å²) < 4.78 is 6.62. The zero-order valence-electron chi connectivity index (χ0n) is 19.0. The number of hydrogen-bond acceptors (Lipinski definition) is 3. The van der Waals surface area contributed by atoms with Crippen LogP contribution in [0, 0.1) is 5.92 Å². The average Bonchev–Trinajstić information content (AvgIpc) is 2.74. The molecule has 0 aliphatic carbocycles. The van der Waals surface area contributed by atoms with Gasteiger partial charge in [-0.25, -0.2) is 0 Å². The van der Waals surface area contributed by atoms with Crippen molar-refractivity contribution in [1.29, 1.82) is 0 Å². The zero-order valence-corrected chi connectivity index (χ0v) is 20.6. The molecule has 0 saturated heterocycles. The van der Waals surface area contributed by atoms with E-state index in [1.807, 2.05) is 62.4 Å². The van der Waals surface area contributed by atoms with Crippen molar-refractivity contribution in [3.8, 4) is 5.75 Å². The number of carbonyl (C=O) groups excluding carboxylic acids is 2. The lowest BCUT2D eigenvalue weighted by Gasteiger charge is -2.29. The van der Waals surface area contributed by atoms with Crippen LogP contribution in [0.15, 0.2) is 53.0 Å². The summed E-state index contributed by atoms with van der Waals surface area (Å²) in [6, 6.07) is 14.9. The first-order valence-electron chi connectivity index (χ1n) is 10.7. The van der Waals surface area contributed by atoms with Gasteiger partial charge in [-0.15, -0.1) is 0 Å². The number of nitrogens with one attached hydrogen (secondary N) is 1. The molecule has 0 bridgehead atoms. The predicted molar refractivity (Wildman–Crippen MR) is 128 cm³/mol. The number of benzene rings is 2. The third-order valence-corrected chi connectivity index (χ3v) is 5.64. The molecule has 5 nitrogen and oxygen atoms in total. The predicted octanol–water partition coefficient (Wildman–Crippen LogP) is 5.14. The van der Waals surface area contributed by atoms with Crippen molar-refractivity contribution in [1.82, 2.24) is 10.2 Å². The van der Waals surface area contributed by atoms with Gasteiger partial charge in [-0.2, -0.15) is 0 Å². The molecular formula is C25H33BrN2O3. The third-order valence-electron chi connectivity index (χ3n) is 5.02. The highest BCUT2D eigenvalue weighted by molar-refractivity contribution is 9.10. The van der Waals surface area contributed by atoms with Crippen LogP contribution in [-0.4, -0.2) is 35.9 Å². The lowest BCUT2D eigenvalue weighted by Crippen LogP contribution is -2.49. The van der Waals surface area contributed by atoms with Crippen molar-refractivity contribution in [3.05, 3.63) is 64.1 Å². The van der Waals surface area contributed by atoms with Gasteiger partial charge >= 0.3 is 0 Å². The fourth-order valence-electron chi connectivity index (χ4n) is 3.03. The van der Waals surface area contributed by atoms with Gasteiger partial charge < -0.3 is 15.0 Å². The Balaban J connectivity index is 2.12. The smallest absolute Gasteiger partial charge is 0.261 e. The van der Waals surface area contributed by atoms with Crippen LogP contribution in [0.1, 0.15) is 51.7 Å². The first-order chi connectivity index (χ1) is 14.7. The van der Waals surface area contributed by atoms with Crippen molar-refractivity contribution in [2.75, 3.05) is 13.2 Å². The van der Waals surface area contributed by atoms with Gasteiger partial charge in [0.05, 0.1) is 4.47 Å². The molecule has 0 spiro atoms. The molecule has 1 atom stereocenters. The number of halogens is 1. The Bertz CT molecular complexity index is 868. The van der Waals surface area contributed by atoms with Gasteiger partial charge in [0, 0.05) is 13.1 Å². The quantitative estimate of drug-likeness (QED) is 0.503. The second kappa shape index (κ2) is 11.9. The SMILES string of the molecule is CC(C)CNC(=O)[C@H](C)N(Cc1ccccc1)C(=O)COc1ccc(C(C)C)cc1Br. The lowest BCUT2D eigenvalue weighted by atomic mass is 10.0. The van der Waals surface area contributed by atoms with E-state index in [-0.39, 0.29) is 18.4 Å². The normalized spacial score (nSPS) is 12.0. The van der Waals surface area contributed by atoms with Gasteiger partial charge in [0.2, 0.25) is 5.91 Å². The van der Waals surface area contributed by atoms with Gasteiger partial charge in [-0.3, -0.25) is 9.59 Å². The molecule has 0 aliphatic heterocycles. The van der Waals surface area contributed by atoms with Crippen LogP contribution < -0.4 is 10.1 Å². The van der Waals surface area contributed by atoms with E-state index >= 15 is 0 Å². The average molecular weight is 489 g/mol. The summed E-state index contributed by atoms with van der Waals surface area (Å²) in [7, 11) is 0. The molecule has 0 aliphatic rings. The minimum atomic E-state index is -0.609. The Labute approximate surface area is 194 Å². The van der Waals surface area contributed by atoms with E-state index in [0.29, 0.717) is 30.7 Å². The van der Waals surface area contributed by atoms with Gasteiger partial charge in [0.15, 0.2) is 6.61 Å². The van der Waals surface area contributed by atoms with E-state index in [1.165, 1.54) is 5.56 Å². The summed E-state index contributed by atoms with van der Waals surface area (Å²) in [5, 5.41) is 2.92. The molecule has 168 valence electrons. The number of ether oxygens (including phenoxy) is 1. The Morgan fingerprint density at radius 3 is 2.29 bits per heavy atom. The topological polar surface area (TPSA) is 58.6 Å². The summed E-state index contributed by atoms with van der Waals surface area (Å²) in [6.45, 7) is 10.8. The molecule has 1 N–H and O–H groups in total. The van der Waals surface area contributed by atoms with Gasteiger partial charge in [0.25, 0.3) is 5.91 Å². The first-order valence-corrected chi connectivity index (χ1v) is 11.5. The van der Waals surface area contributed by atoms with Crippen LogP contribution in [0.2, 0.25) is 0 Å². The summed E-state index contributed by atoms with van der Waals surface area (Å²) in [4.78, 5) is 27.3. The van der Waals surface area contributed by atoms with E-state index in [9.17, 15) is 9.59 Å². The van der Waals surface area contributed by atoms with E-state index in [1.54, 1.807) is 11.8 Å². The molecule has 0 aromatic heterocycles. The van der Waals surface area contributed by atoms with E-state index in [2.05, 4.69) is 35.1 Å². The Kier molecular flexibility index (Phi) is 9.56. The zero-order chi connectivity index (χ0) is 23.0.